The van der Waals surface area contributed by atoms with Crippen LogP contribution in [0.2, 0.25) is 10.0 Å². The molecule has 1 N–H and O–H groups in total. The molecule has 0 aliphatic rings. The number of alkyl halides is 3. The number of nitrogens with zero attached hydrogens (tertiary/aromatic N) is 1. The van der Waals surface area contributed by atoms with Crippen LogP contribution >= 0.6 is 35.0 Å². The number of hydrogen-bond acceptors (Lipinski definition) is 3. The van der Waals surface area contributed by atoms with Crippen LogP contribution in [0.15, 0.2) is 35.5 Å². The zero-order chi connectivity index (χ0) is 18.8. The van der Waals surface area contributed by atoms with Gasteiger partial charge in [0, 0.05) is 6.20 Å². The summed E-state index contributed by atoms with van der Waals surface area (Å²) in [7, 11) is 0. The molecule has 3 nitrogen and oxygen atoms in total. The molecule has 1 heterocycles. The van der Waals surface area contributed by atoms with Crippen molar-refractivity contribution in [3.05, 3.63) is 51.9 Å². The third-order valence-corrected chi connectivity index (χ3v) is 4.81. The number of carbonyl (C=O) groups is 1. The molecule has 2 aromatic rings. The van der Waals surface area contributed by atoms with Gasteiger partial charge in [0.2, 0.25) is 5.91 Å². The molecule has 0 aliphatic heterocycles. The Morgan fingerprint density at radius 1 is 1.24 bits per heavy atom. The Morgan fingerprint density at radius 3 is 2.48 bits per heavy atom. The normalized spacial score (nSPS) is 12.8. The quantitative estimate of drug-likeness (QED) is 0.519. The molecular weight excluding hydrogens is 403 g/mol. The molecule has 0 bridgehead atoms. The van der Waals surface area contributed by atoms with Gasteiger partial charge in [-0.05, 0) is 31.2 Å². The molecule has 10 heteroatoms. The molecule has 1 aromatic carbocycles. The minimum Gasteiger partial charge on any atom is -0.324 e. The summed E-state index contributed by atoms with van der Waals surface area (Å²) in [6.45, 7) is 1.52. The number of hydrogen-bond donors (Lipinski definition) is 1. The van der Waals surface area contributed by atoms with Gasteiger partial charge in [-0.3, -0.25) is 4.79 Å². The fourth-order valence-electron chi connectivity index (χ4n) is 1.71. The van der Waals surface area contributed by atoms with E-state index in [4.69, 9.17) is 23.2 Å². The maximum Gasteiger partial charge on any atom is 0.417 e. The van der Waals surface area contributed by atoms with Crippen LogP contribution in [0.3, 0.4) is 0 Å². The lowest BCUT2D eigenvalue weighted by Crippen LogP contribution is -2.22. The van der Waals surface area contributed by atoms with Crippen LogP contribution in [0.5, 0.6) is 0 Å². The highest BCUT2D eigenvalue weighted by atomic mass is 35.5. The van der Waals surface area contributed by atoms with Crippen LogP contribution in [0.25, 0.3) is 0 Å². The Morgan fingerprint density at radius 2 is 1.92 bits per heavy atom. The highest BCUT2D eigenvalue weighted by molar-refractivity contribution is 8.00. The molecule has 0 aliphatic carbocycles. The molecule has 1 aromatic heterocycles. The van der Waals surface area contributed by atoms with Gasteiger partial charge in [-0.15, -0.1) is 0 Å². The zero-order valence-corrected chi connectivity index (χ0v) is 14.8. The summed E-state index contributed by atoms with van der Waals surface area (Å²) in [6.07, 6.45) is -3.90. The number of benzene rings is 1. The first kappa shape index (κ1) is 19.8. The number of carbonyl (C=O) groups excluding carboxylic acids is 1. The van der Waals surface area contributed by atoms with E-state index in [2.05, 4.69) is 10.3 Å². The summed E-state index contributed by atoms with van der Waals surface area (Å²) in [5, 5.41) is 1.67. The second-order valence-electron chi connectivity index (χ2n) is 4.88. The van der Waals surface area contributed by atoms with Crippen molar-refractivity contribution in [1.82, 2.24) is 4.98 Å². The largest absolute Gasteiger partial charge is 0.417 e. The van der Waals surface area contributed by atoms with Gasteiger partial charge in [0.25, 0.3) is 0 Å². The number of pyridine rings is 1. The first-order valence-electron chi connectivity index (χ1n) is 6.73. The summed E-state index contributed by atoms with van der Waals surface area (Å²) in [4.78, 5) is 15.8. The van der Waals surface area contributed by atoms with Crippen LogP contribution in [0.1, 0.15) is 12.5 Å². The zero-order valence-electron chi connectivity index (χ0n) is 12.5. The summed E-state index contributed by atoms with van der Waals surface area (Å²) in [5.74, 6) is -1.04. The van der Waals surface area contributed by atoms with Crippen molar-refractivity contribution in [3.8, 4) is 0 Å². The van der Waals surface area contributed by atoms with Crippen molar-refractivity contribution in [2.24, 2.45) is 0 Å². The predicted octanol–water partition coefficient (Wildman–Crippen LogP) is 5.67. The Kier molecular flexibility index (Phi) is 6.18. The van der Waals surface area contributed by atoms with Gasteiger partial charge in [0.1, 0.15) is 10.8 Å². The van der Waals surface area contributed by atoms with Crippen molar-refractivity contribution in [2.75, 3.05) is 5.32 Å². The summed E-state index contributed by atoms with van der Waals surface area (Å²) < 4.78 is 50.8. The molecule has 1 unspecified atom stereocenters. The number of halogens is 6. The molecule has 1 atom stereocenters. The third kappa shape index (κ3) is 5.23. The van der Waals surface area contributed by atoms with Crippen molar-refractivity contribution >= 4 is 46.6 Å². The van der Waals surface area contributed by atoms with E-state index < -0.39 is 28.7 Å². The van der Waals surface area contributed by atoms with E-state index in [0.29, 0.717) is 6.20 Å². The topological polar surface area (TPSA) is 42.0 Å². The van der Waals surface area contributed by atoms with Gasteiger partial charge in [-0.25, -0.2) is 9.37 Å². The lowest BCUT2D eigenvalue weighted by atomic mass is 10.3. The predicted molar refractivity (Wildman–Crippen MR) is 89.6 cm³/mol. The second-order valence-corrected chi connectivity index (χ2v) is 7.03. The second kappa shape index (κ2) is 7.80. The van der Waals surface area contributed by atoms with E-state index in [1.807, 2.05) is 0 Å². The molecule has 1 amide bonds. The number of anilines is 1. The Hall–Kier alpha value is -1.51. The number of rotatable bonds is 4. The fourth-order valence-corrected chi connectivity index (χ4v) is 3.01. The maximum atomic E-state index is 13.0. The molecule has 0 radical (unpaired) electrons. The number of amides is 1. The van der Waals surface area contributed by atoms with Gasteiger partial charge >= 0.3 is 6.18 Å². The van der Waals surface area contributed by atoms with Crippen molar-refractivity contribution in [1.29, 1.82) is 0 Å². The van der Waals surface area contributed by atoms with Crippen LogP contribution in [0, 0.1) is 5.82 Å². The van der Waals surface area contributed by atoms with E-state index in [9.17, 15) is 22.4 Å². The van der Waals surface area contributed by atoms with Crippen molar-refractivity contribution in [3.63, 3.8) is 0 Å². The van der Waals surface area contributed by atoms with E-state index in [0.717, 1.165) is 30.0 Å². The fraction of sp³-hybridized carbons (Fsp3) is 0.200. The Balaban J connectivity index is 2.08. The summed E-state index contributed by atoms with van der Waals surface area (Å²) in [5.41, 5.74) is -0.760. The molecule has 134 valence electrons. The monoisotopic (exact) mass is 412 g/mol. The van der Waals surface area contributed by atoms with Gasteiger partial charge < -0.3 is 5.32 Å². The first-order valence-corrected chi connectivity index (χ1v) is 8.37. The van der Waals surface area contributed by atoms with Crippen LogP contribution in [0.4, 0.5) is 23.2 Å². The molecular formula is C15H10Cl2F4N2OS. The summed E-state index contributed by atoms with van der Waals surface area (Å²) >= 11 is 12.5. The SMILES string of the molecule is CC(Sc1ncc(C(F)(F)F)cc1Cl)C(=O)Nc1ccc(F)cc1Cl. The molecule has 0 saturated heterocycles. The van der Waals surface area contributed by atoms with Gasteiger partial charge in [-0.1, -0.05) is 35.0 Å². The number of thioether (sulfide) groups is 1. The molecule has 0 saturated carbocycles. The molecule has 0 spiro atoms. The maximum absolute atomic E-state index is 13.0. The average molecular weight is 413 g/mol. The van der Waals surface area contributed by atoms with E-state index in [1.165, 1.54) is 13.0 Å². The van der Waals surface area contributed by atoms with Crippen molar-refractivity contribution in [2.45, 2.75) is 23.4 Å². The van der Waals surface area contributed by atoms with Crippen LogP contribution < -0.4 is 5.32 Å². The highest BCUT2D eigenvalue weighted by Gasteiger charge is 2.32. The lowest BCUT2D eigenvalue weighted by Gasteiger charge is -2.14. The van der Waals surface area contributed by atoms with E-state index in [-0.39, 0.29) is 20.8 Å². The number of aromatic nitrogens is 1. The van der Waals surface area contributed by atoms with Crippen LogP contribution in [-0.4, -0.2) is 16.1 Å². The smallest absolute Gasteiger partial charge is 0.324 e. The minimum absolute atomic E-state index is 0.0243. The average Bonchev–Trinajstić information content (AvgIpc) is 2.50. The molecule has 0 fully saturated rings. The van der Waals surface area contributed by atoms with Gasteiger partial charge in [0.05, 0.1) is 26.5 Å². The molecule has 2 rings (SSSR count). The van der Waals surface area contributed by atoms with E-state index in [1.54, 1.807) is 0 Å². The standard InChI is InChI=1S/C15H10Cl2F4N2OS/c1-7(13(24)23-12-3-2-9(18)5-10(12)16)25-14-11(17)4-8(6-22-14)15(19,20)21/h2-7H,1H3,(H,23,24). The Bertz CT molecular complexity index is 802. The third-order valence-electron chi connectivity index (χ3n) is 2.98. The number of nitrogens with one attached hydrogen (secondary N) is 1. The highest BCUT2D eigenvalue weighted by Crippen LogP contribution is 2.35. The minimum atomic E-state index is -4.55. The van der Waals surface area contributed by atoms with Gasteiger partial charge in [-0.2, -0.15) is 13.2 Å². The van der Waals surface area contributed by atoms with Gasteiger partial charge in [0.15, 0.2) is 0 Å². The van der Waals surface area contributed by atoms with E-state index >= 15 is 0 Å². The Labute approximate surface area is 154 Å². The van der Waals surface area contributed by atoms with Crippen molar-refractivity contribution < 1.29 is 22.4 Å². The first-order chi connectivity index (χ1) is 11.6. The van der Waals surface area contributed by atoms with Crippen LogP contribution in [-0.2, 0) is 11.0 Å². The summed E-state index contributed by atoms with van der Waals surface area (Å²) in [6, 6.07) is 4.23. The lowest BCUT2D eigenvalue weighted by molar-refractivity contribution is -0.137. The molecule has 25 heavy (non-hydrogen) atoms.